The van der Waals surface area contributed by atoms with Gasteiger partial charge in [0.1, 0.15) is 30.5 Å². The van der Waals surface area contributed by atoms with Crippen molar-refractivity contribution in [2.24, 2.45) is 154 Å². The predicted molar refractivity (Wildman–Crippen MR) is 339 cm³/mol. The van der Waals surface area contributed by atoms with Crippen molar-refractivity contribution >= 4 is 6.16 Å². The minimum Gasteiger partial charge on any atom is -0.429 e. The zero-order valence-corrected chi connectivity index (χ0v) is 63.0. The zero-order valence-electron chi connectivity index (χ0n) is 63.0. The maximum Gasteiger partial charge on any atom is 0.510 e. The number of carbonyl (C=O) groups excluding carboxylic acids is 1. The Balaban J connectivity index is 0.000000169. The van der Waals surface area contributed by atoms with E-state index in [-0.39, 0.29) is 104 Å². The molecule has 0 aromatic heterocycles. The number of alkyl halides is 26. The second-order valence-electron chi connectivity index (χ2n) is 35.9. The third kappa shape index (κ3) is 15.9. The number of rotatable bonds is 19. The second kappa shape index (κ2) is 30.3. The Morgan fingerprint density at radius 2 is 0.725 bits per heavy atom. The van der Waals surface area contributed by atoms with Gasteiger partial charge in [0.15, 0.2) is 0 Å². The van der Waals surface area contributed by atoms with Crippen LogP contribution in [0.5, 0.6) is 0 Å². The van der Waals surface area contributed by atoms with Crippen molar-refractivity contribution in [2.45, 2.75) is 262 Å². The Morgan fingerprint density at radius 1 is 0.385 bits per heavy atom. The van der Waals surface area contributed by atoms with Crippen molar-refractivity contribution in [3.8, 4) is 0 Å². The number of halogens is 26. The third-order valence-corrected chi connectivity index (χ3v) is 30.0. The van der Waals surface area contributed by atoms with Gasteiger partial charge in [0.05, 0.1) is 13.2 Å². The van der Waals surface area contributed by atoms with Crippen LogP contribution in [0.3, 0.4) is 0 Å². The lowest BCUT2D eigenvalue weighted by Gasteiger charge is -2.46. The molecule has 1 N–H and O–H groups in total. The summed E-state index contributed by atoms with van der Waals surface area (Å²) >= 11 is 0. The molecule has 28 atom stereocenters. The lowest BCUT2D eigenvalue weighted by Crippen LogP contribution is -2.63. The van der Waals surface area contributed by atoms with E-state index in [1.807, 2.05) is 13.8 Å². The lowest BCUT2D eigenvalue weighted by molar-refractivity contribution is -0.399. The number of hydrogen-bond acceptors (Lipinski definition) is 9. The molecule has 9 nitrogen and oxygen atoms in total. The van der Waals surface area contributed by atoms with Gasteiger partial charge in [0, 0.05) is 26.6 Å². The molecule has 0 aromatic rings. The van der Waals surface area contributed by atoms with Gasteiger partial charge in [-0.2, -0.15) is 105 Å². The summed E-state index contributed by atoms with van der Waals surface area (Å²) in [4.78, 5) is 11.8. The highest BCUT2D eigenvalue weighted by Crippen LogP contribution is 2.75. The van der Waals surface area contributed by atoms with Crippen molar-refractivity contribution in [3.63, 3.8) is 0 Å². The average Bonchev–Trinajstić information content (AvgIpc) is 1.56. The maximum atomic E-state index is 15.5. The van der Waals surface area contributed by atoms with Crippen LogP contribution in [-0.2, 0) is 33.2 Å². The average molecular weight is 1630 g/mol. The van der Waals surface area contributed by atoms with Gasteiger partial charge < -0.3 is 38.3 Å². The van der Waals surface area contributed by atoms with E-state index in [9.17, 15) is 120 Å². The zero-order chi connectivity index (χ0) is 82.5. The summed E-state index contributed by atoms with van der Waals surface area (Å²) in [6, 6.07) is 0. The van der Waals surface area contributed by atoms with Crippen molar-refractivity contribution < 1.29 is 157 Å². The van der Waals surface area contributed by atoms with E-state index >= 15 is 4.39 Å². The Hall–Kier alpha value is -2.79. The summed E-state index contributed by atoms with van der Waals surface area (Å²) in [5, 5.41) is 9.20. The summed E-state index contributed by atoms with van der Waals surface area (Å²) < 4.78 is 387. The quantitative estimate of drug-likeness (QED) is 0.0445. The van der Waals surface area contributed by atoms with Gasteiger partial charge in [-0.1, -0.05) is 55.4 Å². The molecule has 12 saturated carbocycles. The molecule has 35 heteroatoms. The molecule has 0 aromatic carbocycles. The number of aliphatic hydroxyl groups is 1. The monoisotopic (exact) mass is 1630 g/mol. The first-order chi connectivity index (χ1) is 49.4. The van der Waals surface area contributed by atoms with E-state index in [1.54, 1.807) is 13.8 Å². The first-order valence-electron chi connectivity index (χ1n) is 37.9. The van der Waals surface area contributed by atoms with E-state index in [4.69, 9.17) is 14.2 Å². The molecular formula is C74H104F26O9. The lowest BCUT2D eigenvalue weighted by atomic mass is 9.61. The number of ether oxygens (including phenoxy) is 7. The van der Waals surface area contributed by atoms with Gasteiger partial charge in [-0.3, -0.25) is 0 Å². The minimum absolute atomic E-state index is 0.00632. The molecule has 0 amide bonds. The molecule has 0 radical (unpaired) electrons. The molecule has 12 aliphatic rings. The van der Waals surface area contributed by atoms with E-state index in [0.717, 1.165) is 25.7 Å². The van der Waals surface area contributed by atoms with Gasteiger partial charge in [-0.25, -0.2) is 13.6 Å². The molecule has 12 fully saturated rings. The normalized spacial score (nSPS) is 40.2. The van der Waals surface area contributed by atoms with Gasteiger partial charge in [-0.05, 0) is 259 Å². The fraction of sp³-hybridized carbons (Fsp3) is 0.986. The standard InChI is InChI=1S/C22H32F6O3.C21H30F6O2.C18H25F7O3.C13H17F7O/c1-11-12(2)16-8-15(11)18-13-6-14(17(7-13)19(16)18)9-20(21(23,24)25,22(26,27)28)31-10-30-5-4-29-3;1-4-28-9-29-19(20(22,23)24,21(25,26)27)8-13-5-12-6-16(13)18-15-7-14(17(12)18)10(2)11(15)3;1-9-10(2)12-6-11(9)7-15(12,19)8-16(17(20,21)22,18(23,24)25)28-13(26)27-14(3,4)5;1-6-7(2)9-3-8(6)4-10(9,14)5-11(21,12(15,16)17)13(18,19)20/h11-19H,4-10H2,1-3H3;10-18H,4-9H2,1-3H3;9-12H,6-8H2,1-5H3;6-9,21H,3-5H2,1-2H3. The topological polar surface area (TPSA) is 102 Å². The maximum absolute atomic E-state index is 15.5. The van der Waals surface area contributed by atoms with Crippen LogP contribution in [0.15, 0.2) is 0 Å². The van der Waals surface area contributed by atoms with Crippen molar-refractivity contribution in [3.05, 3.63) is 0 Å². The molecule has 0 spiro atoms. The van der Waals surface area contributed by atoms with Crippen LogP contribution in [0.1, 0.15) is 173 Å². The molecule has 28 unspecified atom stereocenters. The van der Waals surface area contributed by atoms with Crippen LogP contribution in [0.4, 0.5) is 119 Å². The van der Waals surface area contributed by atoms with Gasteiger partial charge in [-0.15, -0.1) is 0 Å². The highest BCUT2D eigenvalue weighted by Gasteiger charge is 2.81. The van der Waals surface area contributed by atoms with Crippen LogP contribution in [0, 0.1) is 154 Å². The first kappa shape index (κ1) is 90.1. The molecule has 636 valence electrons. The SMILES string of the molecule is CC1C2CC(C1C)C(F)(CC(O)(C(F)(F)F)C(F)(F)F)C2.CC1C2CC(C1C)C(F)(CC(OC(=O)OC(C)(C)C)(C(F)(F)F)C(F)(F)F)C2.CCOCOC(CC1CC2CC1C1C3CC(C(C)C3C)C21)(C(F)(F)F)C(F)(F)F.COCCOCOC(CC1CC2CC1C1C3CC(C(C)C3C)C21)(C(F)(F)F)C(F)(F)F. The summed E-state index contributed by atoms with van der Waals surface area (Å²) in [7, 11) is 1.36. The minimum atomic E-state index is -6.07. The van der Waals surface area contributed by atoms with E-state index < -0.39 is 164 Å². The summed E-state index contributed by atoms with van der Waals surface area (Å²) in [6.45, 7) is 18.9. The fourth-order valence-electron chi connectivity index (χ4n) is 24.4. The summed E-state index contributed by atoms with van der Waals surface area (Å²) in [5.41, 5.74) is -25.1. The largest absolute Gasteiger partial charge is 0.510 e. The van der Waals surface area contributed by atoms with Gasteiger partial charge in [0.2, 0.25) is 0 Å². The Kier molecular flexibility index (Phi) is 25.0. The van der Waals surface area contributed by atoms with Crippen LogP contribution in [-0.4, -0.2) is 141 Å². The van der Waals surface area contributed by atoms with Gasteiger partial charge >= 0.3 is 61.2 Å². The molecule has 12 aliphatic carbocycles. The van der Waals surface area contributed by atoms with Crippen LogP contribution in [0.2, 0.25) is 0 Å². The predicted octanol–water partition coefficient (Wildman–Crippen LogP) is 22.2. The van der Waals surface area contributed by atoms with E-state index in [1.165, 1.54) is 34.8 Å². The smallest absolute Gasteiger partial charge is 0.429 e. The number of hydrogen-bond donors (Lipinski definition) is 1. The first-order valence-corrected chi connectivity index (χ1v) is 37.9. The molecule has 0 aliphatic heterocycles. The third-order valence-electron chi connectivity index (χ3n) is 30.0. The van der Waals surface area contributed by atoms with E-state index in [0.29, 0.717) is 77.9 Å². The Morgan fingerprint density at radius 3 is 1.03 bits per heavy atom. The molecule has 0 heterocycles. The highest BCUT2D eigenvalue weighted by atomic mass is 19.4. The van der Waals surface area contributed by atoms with E-state index in [2.05, 4.69) is 46.6 Å². The van der Waals surface area contributed by atoms with Crippen molar-refractivity contribution in [2.75, 3.05) is 40.5 Å². The van der Waals surface area contributed by atoms with Crippen LogP contribution < -0.4 is 0 Å². The Labute approximate surface area is 617 Å². The number of carbonyl (C=O) groups is 1. The second-order valence-corrected chi connectivity index (χ2v) is 35.9. The molecule has 0 saturated heterocycles. The van der Waals surface area contributed by atoms with Crippen LogP contribution >= 0.6 is 0 Å². The van der Waals surface area contributed by atoms with Crippen molar-refractivity contribution in [1.29, 1.82) is 0 Å². The number of methoxy groups -OCH3 is 1. The van der Waals surface area contributed by atoms with Gasteiger partial charge in [0.25, 0.3) is 16.8 Å². The van der Waals surface area contributed by atoms with Crippen molar-refractivity contribution in [1.82, 2.24) is 0 Å². The molecular weight excluding hydrogens is 1530 g/mol. The Bertz CT molecular complexity index is 3030. The fourth-order valence-corrected chi connectivity index (χ4v) is 24.4. The summed E-state index contributed by atoms with van der Waals surface area (Å²) in [6.07, 6.45) is -50.2. The highest BCUT2D eigenvalue weighted by molar-refractivity contribution is 5.61. The number of fused-ring (bicyclic) bond motifs is 22. The molecule has 109 heavy (non-hydrogen) atoms. The summed E-state index contributed by atoms with van der Waals surface area (Å²) in [5.74, 6) is 2.08. The molecule has 12 bridgehead atoms. The van der Waals surface area contributed by atoms with Crippen LogP contribution in [0.25, 0.3) is 0 Å². The molecule has 12 rings (SSSR count).